The van der Waals surface area contributed by atoms with Crippen LogP contribution in [0.4, 0.5) is 5.95 Å². The predicted molar refractivity (Wildman–Crippen MR) is 66.8 cm³/mol. The lowest BCUT2D eigenvalue weighted by Crippen LogP contribution is -2.38. The summed E-state index contributed by atoms with van der Waals surface area (Å²) in [4.78, 5) is 16.0. The van der Waals surface area contributed by atoms with Crippen LogP contribution in [0.25, 0.3) is 0 Å². The summed E-state index contributed by atoms with van der Waals surface area (Å²) < 4.78 is 6.61. The standard InChI is InChI=1S/C11H18N4O4/c16-10(1-3-13-5-7-19-8-6-13)9-14-4-2-12-11(14)15(17)18/h2,4,10,16H,1,3,5-9H2. The summed E-state index contributed by atoms with van der Waals surface area (Å²) in [5.41, 5.74) is 0. The van der Waals surface area contributed by atoms with Crippen molar-refractivity contribution in [1.29, 1.82) is 0 Å². The molecule has 1 atom stereocenters. The SMILES string of the molecule is O=[N+]([O-])c1nccn1CC(O)CCN1CCOCC1. The van der Waals surface area contributed by atoms with E-state index in [1.165, 1.54) is 17.0 Å². The van der Waals surface area contributed by atoms with Crippen LogP contribution in [-0.4, -0.2) is 63.4 Å². The number of hydrogen-bond acceptors (Lipinski definition) is 6. The molecule has 2 heterocycles. The molecule has 0 radical (unpaired) electrons. The lowest BCUT2D eigenvalue weighted by molar-refractivity contribution is -0.397. The molecule has 1 N–H and O–H groups in total. The normalized spacial score (nSPS) is 18.4. The van der Waals surface area contributed by atoms with E-state index in [1.54, 1.807) is 0 Å². The zero-order valence-electron chi connectivity index (χ0n) is 10.6. The first-order chi connectivity index (χ1) is 9.16. The maximum Gasteiger partial charge on any atom is 0.434 e. The lowest BCUT2D eigenvalue weighted by atomic mass is 10.2. The molecule has 0 amide bonds. The first-order valence-electron chi connectivity index (χ1n) is 6.30. The van der Waals surface area contributed by atoms with Crippen molar-refractivity contribution in [3.05, 3.63) is 22.5 Å². The quantitative estimate of drug-likeness (QED) is 0.572. The van der Waals surface area contributed by atoms with Gasteiger partial charge in [0, 0.05) is 19.6 Å². The maximum atomic E-state index is 10.7. The molecule has 0 spiro atoms. The van der Waals surface area contributed by atoms with E-state index in [9.17, 15) is 15.2 Å². The number of ether oxygens (including phenoxy) is 1. The molecule has 1 saturated heterocycles. The predicted octanol–water partition coefficient (Wildman–Crippen LogP) is -0.126. The number of aromatic nitrogens is 2. The third-order valence-corrected chi connectivity index (χ3v) is 3.15. The summed E-state index contributed by atoms with van der Waals surface area (Å²) in [6.07, 6.45) is 2.84. The Kier molecular flexibility index (Phi) is 4.83. The van der Waals surface area contributed by atoms with Gasteiger partial charge in [-0.25, -0.2) is 4.57 Å². The second-order valence-electron chi connectivity index (χ2n) is 4.53. The van der Waals surface area contributed by atoms with Gasteiger partial charge in [0.15, 0.2) is 0 Å². The van der Waals surface area contributed by atoms with Gasteiger partial charge in [-0.05, 0) is 11.3 Å². The topological polar surface area (TPSA) is 93.7 Å². The van der Waals surface area contributed by atoms with Crippen LogP contribution in [0, 0.1) is 10.1 Å². The van der Waals surface area contributed by atoms with Crippen molar-refractivity contribution in [2.45, 2.75) is 19.1 Å². The van der Waals surface area contributed by atoms with Gasteiger partial charge in [0.1, 0.15) is 12.4 Å². The van der Waals surface area contributed by atoms with Gasteiger partial charge in [0.2, 0.25) is 0 Å². The van der Waals surface area contributed by atoms with Crippen LogP contribution in [0.15, 0.2) is 12.4 Å². The van der Waals surface area contributed by atoms with Crippen LogP contribution in [-0.2, 0) is 11.3 Å². The van der Waals surface area contributed by atoms with Gasteiger partial charge in [-0.3, -0.25) is 4.90 Å². The molecular formula is C11H18N4O4. The van der Waals surface area contributed by atoms with E-state index in [4.69, 9.17) is 4.74 Å². The monoisotopic (exact) mass is 270 g/mol. The number of hydrogen-bond donors (Lipinski definition) is 1. The minimum Gasteiger partial charge on any atom is -0.390 e. The van der Waals surface area contributed by atoms with E-state index >= 15 is 0 Å². The van der Waals surface area contributed by atoms with Crippen molar-refractivity contribution in [1.82, 2.24) is 14.5 Å². The fourth-order valence-electron chi connectivity index (χ4n) is 2.09. The van der Waals surface area contributed by atoms with Crippen LogP contribution in [0.2, 0.25) is 0 Å². The Balaban J connectivity index is 1.78. The molecule has 0 saturated carbocycles. The maximum absolute atomic E-state index is 10.7. The zero-order valence-corrected chi connectivity index (χ0v) is 10.6. The highest BCUT2D eigenvalue weighted by Gasteiger charge is 2.18. The van der Waals surface area contributed by atoms with Crippen molar-refractivity contribution in [3.63, 3.8) is 0 Å². The van der Waals surface area contributed by atoms with Crippen LogP contribution in [0.1, 0.15) is 6.42 Å². The Morgan fingerprint density at radius 1 is 1.53 bits per heavy atom. The van der Waals surface area contributed by atoms with E-state index in [0.29, 0.717) is 6.42 Å². The third-order valence-electron chi connectivity index (χ3n) is 3.15. The molecule has 0 bridgehead atoms. The molecule has 1 aromatic heterocycles. The highest BCUT2D eigenvalue weighted by atomic mass is 16.6. The molecule has 1 aliphatic heterocycles. The number of nitro groups is 1. The second kappa shape index (κ2) is 6.60. The van der Waals surface area contributed by atoms with E-state index in [1.807, 2.05) is 0 Å². The average Bonchev–Trinajstić information content (AvgIpc) is 2.86. The van der Waals surface area contributed by atoms with E-state index in [-0.39, 0.29) is 12.5 Å². The fourth-order valence-corrected chi connectivity index (χ4v) is 2.09. The molecule has 1 fully saturated rings. The van der Waals surface area contributed by atoms with Gasteiger partial charge in [-0.1, -0.05) is 4.98 Å². The second-order valence-corrected chi connectivity index (χ2v) is 4.53. The summed E-state index contributed by atoms with van der Waals surface area (Å²) in [5, 5.41) is 20.6. The van der Waals surface area contributed by atoms with Crippen molar-refractivity contribution in [3.8, 4) is 0 Å². The molecular weight excluding hydrogens is 252 g/mol. The number of aliphatic hydroxyl groups excluding tert-OH is 1. The molecule has 0 aliphatic carbocycles. The summed E-state index contributed by atoms with van der Waals surface area (Å²) in [5.74, 6) is -0.231. The smallest absolute Gasteiger partial charge is 0.390 e. The Labute approximate surface area is 110 Å². The summed E-state index contributed by atoms with van der Waals surface area (Å²) >= 11 is 0. The van der Waals surface area contributed by atoms with Crippen molar-refractivity contribution < 1.29 is 14.8 Å². The van der Waals surface area contributed by atoms with Gasteiger partial charge in [-0.2, -0.15) is 0 Å². The molecule has 1 unspecified atom stereocenters. The first kappa shape index (κ1) is 13.9. The molecule has 1 aliphatic rings. The van der Waals surface area contributed by atoms with E-state index < -0.39 is 11.0 Å². The van der Waals surface area contributed by atoms with Gasteiger partial charge in [0.05, 0.1) is 25.9 Å². The summed E-state index contributed by atoms with van der Waals surface area (Å²) in [7, 11) is 0. The van der Waals surface area contributed by atoms with Crippen LogP contribution in [0.3, 0.4) is 0 Å². The van der Waals surface area contributed by atoms with E-state index in [0.717, 1.165) is 32.8 Å². The Morgan fingerprint density at radius 2 is 2.26 bits per heavy atom. The Bertz CT molecular complexity index is 417. The zero-order chi connectivity index (χ0) is 13.7. The minimum absolute atomic E-state index is 0.195. The highest BCUT2D eigenvalue weighted by Crippen LogP contribution is 2.10. The minimum atomic E-state index is -0.615. The Morgan fingerprint density at radius 3 is 2.95 bits per heavy atom. The molecule has 2 rings (SSSR count). The number of nitrogens with zero attached hydrogens (tertiary/aromatic N) is 4. The highest BCUT2D eigenvalue weighted by molar-refractivity contribution is 5.06. The average molecular weight is 270 g/mol. The largest absolute Gasteiger partial charge is 0.434 e. The van der Waals surface area contributed by atoms with Crippen molar-refractivity contribution in [2.75, 3.05) is 32.8 Å². The van der Waals surface area contributed by atoms with Crippen LogP contribution >= 0.6 is 0 Å². The number of rotatable bonds is 6. The summed E-state index contributed by atoms with van der Waals surface area (Å²) in [6, 6.07) is 0. The van der Waals surface area contributed by atoms with Gasteiger partial charge in [-0.15, -0.1) is 0 Å². The number of aliphatic hydroxyl groups is 1. The fraction of sp³-hybridized carbons (Fsp3) is 0.727. The molecule has 19 heavy (non-hydrogen) atoms. The molecule has 8 heteroatoms. The van der Waals surface area contributed by atoms with Crippen molar-refractivity contribution >= 4 is 5.95 Å². The Hall–Kier alpha value is -1.51. The van der Waals surface area contributed by atoms with Gasteiger partial charge in [0.25, 0.3) is 0 Å². The van der Waals surface area contributed by atoms with Gasteiger partial charge < -0.3 is 20.0 Å². The van der Waals surface area contributed by atoms with Crippen LogP contribution in [0.5, 0.6) is 0 Å². The first-order valence-corrected chi connectivity index (χ1v) is 6.30. The van der Waals surface area contributed by atoms with E-state index in [2.05, 4.69) is 9.88 Å². The molecule has 1 aromatic rings. The molecule has 0 aromatic carbocycles. The third kappa shape index (κ3) is 3.98. The number of morpholine rings is 1. The van der Waals surface area contributed by atoms with Gasteiger partial charge >= 0.3 is 5.95 Å². The summed E-state index contributed by atoms with van der Waals surface area (Å²) in [6.45, 7) is 4.16. The molecule has 8 nitrogen and oxygen atoms in total. The number of imidazole rings is 1. The lowest BCUT2D eigenvalue weighted by Gasteiger charge is -2.27. The molecule has 106 valence electrons. The van der Waals surface area contributed by atoms with Crippen molar-refractivity contribution in [2.24, 2.45) is 0 Å². The van der Waals surface area contributed by atoms with Crippen LogP contribution < -0.4 is 0 Å².